The van der Waals surface area contributed by atoms with E-state index in [4.69, 9.17) is 4.74 Å². The fourth-order valence-corrected chi connectivity index (χ4v) is 3.59. The number of esters is 1. The monoisotopic (exact) mass is 330 g/mol. The van der Waals surface area contributed by atoms with Gasteiger partial charge in [0, 0.05) is 0 Å². The van der Waals surface area contributed by atoms with Crippen molar-refractivity contribution in [3.8, 4) is 5.75 Å². The third-order valence-electron chi connectivity index (χ3n) is 5.11. The largest absolute Gasteiger partial charge is 0.425 e. The van der Waals surface area contributed by atoms with E-state index in [1.54, 1.807) is 12.1 Å². The number of rotatable bonds is 3. The Bertz CT molecular complexity index is 687. The third kappa shape index (κ3) is 2.77. The first kappa shape index (κ1) is 16.5. The SMILES string of the molecule is Cc1ccccc1OC(=O)CN1C(=O)NC2(CCCCC2C)C1=O. The van der Waals surface area contributed by atoms with Crippen LogP contribution in [-0.4, -0.2) is 34.9 Å². The Labute approximate surface area is 141 Å². The van der Waals surface area contributed by atoms with E-state index in [1.807, 2.05) is 26.0 Å². The highest BCUT2D eigenvalue weighted by Crippen LogP contribution is 2.38. The van der Waals surface area contributed by atoms with E-state index < -0.39 is 17.5 Å². The van der Waals surface area contributed by atoms with Gasteiger partial charge in [0.25, 0.3) is 5.91 Å². The number of urea groups is 1. The van der Waals surface area contributed by atoms with Crippen molar-refractivity contribution < 1.29 is 19.1 Å². The van der Waals surface area contributed by atoms with Crippen LogP contribution in [0.5, 0.6) is 5.75 Å². The Morgan fingerprint density at radius 1 is 1.33 bits per heavy atom. The lowest BCUT2D eigenvalue weighted by atomic mass is 9.73. The topological polar surface area (TPSA) is 75.7 Å². The smallest absolute Gasteiger partial charge is 0.331 e. The minimum atomic E-state index is -0.849. The molecular weight excluding hydrogens is 308 g/mol. The number of para-hydroxylation sites is 1. The van der Waals surface area contributed by atoms with E-state index in [2.05, 4.69) is 5.32 Å². The molecule has 6 nitrogen and oxygen atoms in total. The van der Waals surface area contributed by atoms with Crippen LogP contribution < -0.4 is 10.1 Å². The second-order valence-corrected chi connectivity index (χ2v) is 6.68. The molecule has 1 aliphatic carbocycles. The molecule has 24 heavy (non-hydrogen) atoms. The highest BCUT2D eigenvalue weighted by molar-refractivity contribution is 6.09. The van der Waals surface area contributed by atoms with Gasteiger partial charge in [0.2, 0.25) is 0 Å². The predicted octanol–water partition coefficient (Wildman–Crippen LogP) is 2.40. The van der Waals surface area contributed by atoms with E-state index in [-0.39, 0.29) is 18.4 Å². The predicted molar refractivity (Wildman–Crippen MR) is 87.4 cm³/mol. The molecule has 2 aliphatic rings. The third-order valence-corrected chi connectivity index (χ3v) is 5.11. The Kier molecular flexibility index (Phi) is 4.30. The van der Waals surface area contributed by atoms with Gasteiger partial charge in [-0.1, -0.05) is 38.0 Å². The molecule has 1 aromatic carbocycles. The first-order valence-corrected chi connectivity index (χ1v) is 8.34. The van der Waals surface area contributed by atoms with Gasteiger partial charge in [-0.15, -0.1) is 0 Å². The number of hydrogen-bond donors (Lipinski definition) is 1. The Balaban J connectivity index is 1.71. The van der Waals surface area contributed by atoms with Crippen molar-refractivity contribution >= 4 is 17.9 Å². The van der Waals surface area contributed by atoms with Crippen LogP contribution in [-0.2, 0) is 9.59 Å². The summed E-state index contributed by atoms with van der Waals surface area (Å²) >= 11 is 0. The average Bonchev–Trinajstić information content (AvgIpc) is 2.78. The van der Waals surface area contributed by atoms with E-state index in [0.717, 1.165) is 29.7 Å². The molecule has 1 spiro atoms. The van der Waals surface area contributed by atoms with Gasteiger partial charge in [0.05, 0.1) is 0 Å². The lowest BCUT2D eigenvalue weighted by Crippen LogP contribution is -2.54. The fourth-order valence-electron chi connectivity index (χ4n) is 3.59. The summed E-state index contributed by atoms with van der Waals surface area (Å²) in [5, 5.41) is 2.83. The number of benzene rings is 1. The number of hydrogen-bond acceptors (Lipinski definition) is 4. The molecule has 1 saturated heterocycles. The lowest BCUT2D eigenvalue weighted by molar-refractivity contribution is -0.142. The van der Waals surface area contributed by atoms with Crippen LogP contribution in [0.1, 0.15) is 38.2 Å². The molecule has 1 saturated carbocycles. The zero-order valence-corrected chi connectivity index (χ0v) is 14.0. The number of carbonyl (C=O) groups excluding carboxylic acids is 3. The standard InChI is InChI=1S/C18H22N2O4/c1-12-7-3-4-9-14(12)24-15(21)11-20-16(22)18(19-17(20)23)10-6-5-8-13(18)2/h3-4,7,9,13H,5-6,8,10-11H2,1-2H3,(H,19,23). The van der Waals surface area contributed by atoms with Crippen LogP contribution in [0.15, 0.2) is 24.3 Å². The van der Waals surface area contributed by atoms with Crippen molar-refractivity contribution in [2.45, 2.75) is 45.1 Å². The summed E-state index contributed by atoms with van der Waals surface area (Å²) in [6.07, 6.45) is 3.48. The summed E-state index contributed by atoms with van der Waals surface area (Å²) in [6.45, 7) is 3.44. The molecule has 1 aliphatic heterocycles. The van der Waals surface area contributed by atoms with Crippen LogP contribution in [0.25, 0.3) is 0 Å². The maximum absolute atomic E-state index is 12.8. The summed E-state index contributed by atoms with van der Waals surface area (Å²) in [5.41, 5.74) is -0.0291. The summed E-state index contributed by atoms with van der Waals surface area (Å²) < 4.78 is 5.29. The summed E-state index contributed by atoms with van der Waals surface area (Å²) in [6, 6.07) is 6.62. The molecule has 1 N–H and O–H groups in total. The number of nitrogens with zero attached hydrogens (tertiary/aromatic N) is 1. The Hall–Kier alpha value is -2.37. The molecular formula is C18H22N2O4. The van der Waals surface area contributed by atoms with Crippen molar-refractivity contribution in [3.63, 3.8) is 0 Å². The minimum absolute atomic E-state index is 0.0695. The second-order valence-electron chi connectivity index (χ2n) is 6.68. The Morgan fingerprint density at radius 2 is 2.08 bits per heavy atom. The summed E-state index contributed by atoms with van der Waals surface area (Å²) in [4.78, 5) is 38.2. The van der Waals surface area contributed by atoms with E-state index in [1.165, 1.54) is 0 Å². The number of amides is 3. The van der Waals surface area contributed by atoms with Gasteiger partial charge in [0.1, 0.15) is 17.8 Å². The molecule has 3 rings (SSSR count). The molecule has 6 heteroatoms. The van der Waals surface area contributed by atoms with Gasteiger partial charge >= 0.3 is 12.0 Å². The van der Waals surface area contributed by atoms with Crippen LogP contribution in [0.2, 0.25) is 0 Å². The van der Waals surface area contributed by atoms with Crippen molar-refractivity contribution in [2.24, 2.45) is 5.92 Å². The summed E-state index contributed by atoms with van der Waals surface area (Å²) in [7, 11) is 0. The van der Waals surface area contributed by atoms with Gasteiger partial charge in [-0.05, 0) is 37.3 Å². The van der Waals surface area contributed by atoms with Crippen LogP contribution in [0, 0.1) is 12.8 Å². The van der Waals surface area contributed by atoms with Crippen LogP contribution in [0.3, 0.4) is 0 Å². The van der Waals surface area contributed by atoms with Gasteiger partial charge in [-0.3, -0.25) is 9.69 Å². The van der Waals surface area contributed by atoms with E-state index in [0.29, 0.717) is 12.2 Å². The van der Waals surface area contributed by atoms with E-state index >= 15 is 0 Å². The number of ether oxygens (including phenoxy) is 1. The van der Waals surface area contributed by atoms with Gasteiger partial charge in [-0.25, -0.2) is 9.59 Å². The van der Waals surface area contributed by atoms with Crippen molar-refractivity contribution in [2.75, 3.05) is 6.54 Å². The quantitative estimate of drug-likeness (QED) is 0.524. The minimum Gasteiger partial charge on any atom is -0.425 e. The zero-order valence-electron chi connectivity index (χ0n) is 14.0. The molecule has 0 aromatic heterocycles. The molecule has 128 valence electrons. The first-order valence-electron chi connectivity index (χ1n) is 8.34. The molecule has 0 radical (unpaired) electrons. The highest BCUT2D eigenvalue weighted by atomic mass is 16.5. The normalized spacial score (nSPS) is 26.6. The van der Waals surface area contributed by atoms with Crippen molar-refractivity contribution in [1.29, 1.82) is 0 Å². The molecule has 2 atom stereocenters. The molecule has 2 unspecified atom stereocenters. The van der Waals surface area contributed by atoms with Crippen molar-refractivity contribution in [1.82, 2.24) is 10.2 Å². The van der Waals surface area contributed by atoms with E-state index in [9.17, 15) is 14.4 Å². The maximum Gasteiger partial charge on any atom is 0.331 e. The van der Waals surface area contributed by atoms with Crippen LogP contribution >= 0.6 is 0 Å². The lowest BCUT2D eigenvalue weighted by Gasteiger charge is -2.36. The fraction of sp³-hybridized carbons (Fsp3) is 0.500. The molecule has 1 heterocycles. The number of imide groups is 1. The number of nitrogens with one attached hydrogen (secondary N) is 1. The first-order chi connectivity index (χ1) is 11.4. The average molecular weight is 330 g/mol. The zero-order chi connectivity index (χ0) is 17.3. The van der Waals surface area contributed by atoms with Crippen LogP contribution in [0.4, 0.5) is 4.79 Å². The van der Waals surface area contributed by atoms with Gasteiger partial charge in [0.15, 0.2) is 0 Å². The number of carbonyl (C=O) groups is 3. The second kappa shape index (κ2) is 6.26. The molecule has 3 amide bonds. The Morgan fingerprint density at radius 3 is 2.79 bits per heavy atom. The highest BCUT2D eigenvalue weighted by Gasteiger charge is 2.55. The summed E-state index contributed by atoms with van der Waals surface area (Å²) in [5.74, 6) is -0.412. The van der Waals surface area contributed by atoms with Gasteiger partial charge < -0.3 is 10.1 Å². The molecule has 0 bridgehead atoms. The number of aryl methyl sites for hydroxylation is 1. The molecule has 2 fully saturated rings. The molecule has 1 aromatic rings. The van der Waals surface area contributed by atoms with Crippen molar-refractivity contribution in [3.05, 3.63) is 29.8 Å². The maximum atomic E-state index is 12.8. The van der Waals surface area contributed by atoms with Gasteiger partial charge in [-0.2, -0.15) is 0 Å².